The van der Waals surface area contributed by atoms with Gasteiger partial charge in [0.15, 0.2) is 5.11 Å². The van der Waals surface area contributed by atoms with Gasteiger partial charge < -0.3 is 20.5 Å². The number of carbonyl (C=O) groups is 2. The Morgan fingerprint density at radius 1 is 1.14 bits per heavy atom. The van der Waals surface area contributed by atoms with Gasteiger partial charge in [0.05, 0.1) is 18.6 Å². The van der Waals surface area contributed by atoms with E-state index in [1.807, 2.05) is 18.2 Å². The number of esters is 1. The van der Waals surface area contributed by atoms with Gasteiger partial charge in [-0.15, -0.1) is 11.3 Å². The zero-order chi connectivity index (χ0) is 20.3. The molecule has 1 heterocycles. The number of benzene rings is 2. The number of halogens is 1. The summed E-state index contributed by atoms with van der Waals surface area (Å²) in [5, 5.41) is 16.4. The van der Waals surface area contributed by atoms with Crippen LogP contribution in [0.3, 0.4) is 0 Å². The monoisotopic (exact) mass is 434 g/mol. The van der Waals surface area contributed by atoms with Crippen LogP contribution in [0.15, 0.2) is 42.5 Å². The number of methoxy groups -OCH3 is 1. The highest BCUT2D eigenvalue weighted by molar-refractivity contribution is 7.80. The molecule has 0 fully saturated rings. The van der Waals surface area contributed by atoms with Crippen molar-refractivity contribution >= 4 is 73.7 Å². The standard InChI is InChI=1S/C19H15ClN2O4S2/c1-26-18(25)17-16(20)13-7-6-12(9-14(13)28-17)22-19(27)21-11-4-2-10(3-5-11)8-15(23)24/h2-7,9H,8H2,1H3,(H,23,24)(H2,21,22,27). The summed E-state index contributed by atoms with van der Waals surface area (Å²) in [4.78, 5) is 22.9. The molecule has 0 unspecified atom stereocenters. The number of anilines is 2. The van der Waals surface area contributed by atoms with Crippen LogP contribution < -0.4 is 10.6 Å². The van der Waals surface area contributed by atoms with Crippen LogP contribution in [0.2, 0.25) is 5.02 Å². The van der Waals surface area contributed by atoms with Gasteiger partial charge in [0.25, 0.3) is 0 Å². The average molecular weight is 435 g/mol. The van der Waals surface area contributed by atoms with Gasteiger partial charge in [-0.1, -0.05) is 23.7 Å². The Kier molecular flexibility index (Phi) is 6.13. The molecule has 6 nitrogen and oxygen atoms in total. The van der Waals surface area contributed by atoms with Crippen LogP contribution in [0.25, 0.3) is 10.1 Å². The first-order valence-electron chi connectivity index (χ1n) is 8.06. The fourth-order valence-electron chi connectivity index (χ4n) is 2.54. The number of carbonyl (C=O) groups excluding carboxylic acids is 1. The predicted molar refractivity (Wildman–Crippen MR) is 116 cm³/mol. The lowest BCUT2D eigenvalue weighted by Crippen LogP contribution is -2.18. The maximum atomic E-state index is 11.8. The second kappa shape index (κ2) is 8.55. The van der Waals surface area contributed by atoms with Crippen molar-refractivity contribution in [3.63, 3.8) is 0 Å². The second-order valence-corrected chi connectivity index (χ2v) is 7.63. The molecule has 0 saturated heterocycles. The summed E-state index contributed by atoms with van der Waals surface area (Å²) in [7, 11) is 1.31. The lowest BCUT2D eigenvalue weighted by atomic mass is 10.1. The Bertz CT molecular complexity index is 1060. The fourth-order valence-corrected chi connectivity index (χ4v) is 4.24. The number of thiophene rings is 1. The smallest absolute Gasteiger partial charge is 0.349 e. The minimum atomic E-state index is -0.877. The molecule has 0 aliphatic rings. The number of thiocarbonyl (C=S) groups is 1. The van der Waals surface area contributed by atoms with Crippen molar-refractivity contribution in [2.24, 2.45) is 0 Å². The van der Waals surface area contributed by atoms with Crippen molar-refractivity contribution in [1.82, 2.24) is 0 Å². The summed E-state index contributed by atoms with van der Waals surface area (Å²) >= 11 is 12.8. The predicted octanol–water partition coefficient (Wildman–Crippen LogP) is 4.78. The molecule has 144 valence electrons. The lowest BCUT2D eigenvalue weighted by molar-refractivity contribution is -0.136. The summed E-state index contributed by atoms with van der Waals surface area (Å²) in [6.07, 6.45) is -0.0279. The molecule has 0 radical (unpaired) electrons. The van der Waals surface area contributed by atoms with Crippen LogP contribution in [0, 0.1) is 0 Å². The van der Waals surface area contributed by atoms with E-state index in [9.17, 15) is 9.59 Å². The number of carboxylic acid groups (broad SMARTS) is 1. The highest BCUT2D eigenvalue weighted by atomic mass is 35.5. The normalized spacial score (nSPS) is 10.5. The van der Waals surface area contributed by atoms with E-state index in [4.69, 9.17) is 33.7 Å². The maximum Gasteiger partial charge on any atom is 0.349 e. The molecule has 0 aliphatic heterocycles. The molecule has 9 heteroatoms. The SMILES string of the molecule is COC(=O)c1sc2cc(NC(=S)Nc3ccc(CC(=O)O)cc3)ccc2c1Cl. The zero-order valence-electron chi connectivity index (χ0n) is 14.6. The van der Waals surface area contributed by atoms with Crippen molar-refractivity contribution in [3.05, 3.63) is 57.9 Å². The molecule has 0 spiro atoms. The minimum absolute atomic E-state index is 0.0279. The molecule has 3 aromatic rings. The third-order valence-corrected chi connectivity index (χ3v) is 5.67. The number of carboxylic acids is 1. The lowest BCUT2D eigenvalue weighted by Gasteiger charge is -2.11. The summed E-state index contributed by atoms with van der Waals surface area (Å²) in [5.74, 6) is -1.35. The number of fused-ring (bicyclic) bond motifs is 1. The van der Waals surface area contributed by atoms with Crippen molar-refractivity contribution in [3.8, 4) is 0 Å². The van der Waals surface area contributed by atoms with Crippen LogP contribution in [0.4, 0.5) is 11.4 Å². The molecule has 2 aromatic carbocycles. The van der Waals surface area contributed by atoms with Crippen LogP contribution in [0.1, 0.15) is 15.2 Å². The molecular formula is C19H15ClN2O4S2. The average Bonchev–Trinajstić information content (AvgIpc) is 2.98. The van der Waals surface area contributed by atoms with Crippen LogP contribution in [0.5, 0.6) is 0 Å². The first-order chi connectivity index (χ1) is 13.4. The molecule has 0 saturated carbocycles. The number of hydrogen-bond donors (Lipinski definition) is 3. The second-order valence-electron chi connectivity index (χ2n) is 5.79. The van der Waals surface area contributed by atoms with E-state index < -0.39 is 11.9 Å². The number of aliphatic carboxylic acids is 1. The fraction of sp³-hybridized carbons (Fsp3) is 0.105. The van der Waals surface area contributed by atoms with Gasteiger partial charge in [-0.3, -0.25) is 4.79 Å². The van der Waals surface area contributed by atoms with Crippen LogP contribution >= 0.6 is 35.2 Å². The third kappa shape index (κ3) is 4.59. The van der Waals surface area contributed by atoms with Crippen LogP contribution in [-0.2, 0) is 16.0 Å². The van der Waals surface area contributed by atoms with Crippen LogP contribution in [-0.4, -0.2) is 29.3 Å². The highest BCUT2D eigenvalue weighted by Crippen LogP contribution is 2.37. The Morgan fingerprint density at radius 2 is 1.79 bits per heavy atom. The van der Waals surface area contributed by atoms with E-state index >= 15 is 0 Å². The van der Waals surface area contributed by atoms with E-state index in [1.165, 1.54) is 18.4 Å². The molecule has 28 heavy (non-hydrogen) atoms. The van der Waals surface area contributed by atoms with E-state index in [0.29, 0.717) is 20.6 Å². The van der Waals surface area contributed by atoms with Crippen molar-refractivity contribution in [2.45, 2.75) is 6.42 Å². The Hall–Kier alpha value is -2.68. The summed E-state index contributed by atoms with van der Waals surface area (Å²) in [6.45, 7) is 0. The summed E-state index contributed by atoms with van der Waals surface area (Å²) < 4.78 is 5.58. The molecule has 0 bridgehead atoms. The third-order valence-electron chi connectivity index (χ3n) is 3.83. The van der Waals surface area contributed by atoms with Gasteiger partial charge in [0.2, 0.25) is 0 Å². The molecule has 3 rings (SSSR count). The van der Waals surface area contributed by atoms with Crippen molar-refractivity contribution in [1.29, 1.82) is 0 Å². The Balaban J connectivity index is 1.70. The van der Waals surface area contributed by atoms with E-state index in [1.54, 1.807) is 24.3 Å². The largest absolute Gasteiger partial charge is 0.481 e. The number of ether oxygens (including phenoxy) is 1. The quantitative estimate of drug-likeness (QED) is 0.393. The first kappa shape index (κ1) is 20.1. The topological polar surface area (TPSA) is 87.7 Å². The summed E-state index contributed by atoms with van der Waals surface area (Å²) in [6, 6.07) is 12.5. The molecule has 1 aromatic heterocycles. The molecule has 0 atom stereocenters. The summed E-state index contributed by atoms with van der Waals surface area (Å²) in [5.41, 5.74) is 2.18. The molecule has 0 aliphatic carbocycles. The number of nitrogens with one attached hydrogen (secondary N) is 2. The number of rotatable bonds is 5. The maximum absolute atomic E-state index is 11.8. The molecular weight excluding hydrogens is 420 g/mol. The van der Waals surface area contributed by atoms with Crippen molar-refractivity contribution in [2.75, 3.05) is 17.7 Å². The van der Waals surface area contributed by atoms with Crippen molar-refractivity contribution < 1.29 is 19.4 Å². The minimum Gasteiger partial charge on any atom is -0.481 e. The Labute approximate surface area is 175 Å². The molecule has 0 amide bonds. The highest BCUT2D eigenvalue weighted by Gasteiger charge is 2.17. The van der Waals surface area contributed by atoms with Gasteiger partial charge in [-0.2, -0.15) is 0 Å². The molecule has 3 N–H and O–H groups in total. The van der Waals surface area contributed by atoms with Gasteiger partial charge in [-0.05, 0) is 48.1 Å². The van der Waals surface area contributed by atoms with Gasteiger partial charge in [-0.25, -0.2) is 4.79 Å². The van der Waals surface area contributed by atoms with E-state index in [0.717, 1.165) is 21.5 Å². The number of hydrogen-bond acceptors (Lipinski definition) is 5. The van der Waals surface area contributed by atoms with Gasteiger partial charge in [0.1, 0.15) is 4.88 Å². The van der Waals surface area contributed by atoms with Gasteiger partial charge >= 0.3 is 11.9 Å². The first-order valence-corrected chi connectivity index (χ1v) is 9.66. The zero-order valence-corrected chi connectivity index (χ0v) is 17.0. The van der Waals surface area contributed by atoms with Gasteiger partial charge in [0, 0.05) is 21.5 Å². The van der Waals surface area contributed by atoms with E-state index in [-0.39, 0.29) is 6.42 Å². The Morgan fingerprint density at radius 3 is 2.43 bits per heavy atom. The van der Waals surface area contributed by atoms with E-state index in [2.05, 4.69) is 10.6 Å².